The van der Waals surface area contributed by atoms with Crippen molar-refractivity contribution in [3.8, 4) is 11.1 Å². The number of likely N-dealkylation sites (N-methyl/N-ethyl adjacent to an activating group) is 1. The van der Waals surface area contributed by atoms with Crippen LogP contribution in [0.2, 0.25) is 5.02 Å². The third-order valence-corrected chi connectivity index (χ3v) is 7.77. The lowest BCUT2D eigenvalue weighted by Crippen LogP contribution is -2.42. The fourth-order valence-electron chi connectivity index (χ4n) is 5.07. The first-order valence-electron chi connectivity index (χ1n) is 12.8. The van der Waals surface area contributed by atoms with Crippen molar-refractivity contribution in [2.75, 3.05) is 30.0 Å². The smallest absolute Gasteiger partial charge is 0.394 e. The maximum Gasteiger partial charge on any atom is 0.416 e. The average Bonchev–Trinajstić information content (AvgIpc) is 3.31. The van der Waals surface area contributed by atoms with Gasteiger partial charge in [0.05, 0.1) is 47.2 Å². The summed E-state index contributed by atoms with van der Waals surface area (Å²) < 4.78 is 81.3. The zero-order valence-electron chi connectivity index (χ0n) is 22.8. The minimum Gasteiger partial charge on any atom is -0.394 e. The molecule has 1 aliphatic rings. The number of carbonyl (C=O) groups excluding carboxylic acids is 1. The Balaban J connectivity index is 1.82. The van der Waals surface area contributed by atoms with Crippen molar-refractivity contribution >= 4 is 29.0 Å². The molecular weight excluding hydrogens is 588 g/mol. The van der Waals surface area contributed by atoms with Gasteiger partial charge >= 0.3 is 12.4 Å². The normalized spacial score (nSPS) is 18.0. The van der Waals surface area contributed by atoms with Crippen LogP contribution in [-0.4, -0.2) is 53.4 Å². The van der Waals surface area contributed by atoms with E-state index in [2.05, 4.69) is 4.98 Å². The Kier molecular flexibility index (Phi) is 8.56. The van der Waals surface area contributed by atoms with Gasteiger partial charge in [-0.25, -0.2) is 4.98 Å². The molecule has 42 heavy (non-hydrogen) atoms. The Morgan fingerprint density at radius 3 is 2.12 bits per heavy atom. The van der Waals surface area contributed by atoms with E-state index in [1.54, 1.807) is 35.2 Å². The average molecular weight is 616 g/mol. The molecule has 226 valence electrons. The van der Waals surface area contributed by atoms with Crippen LogP contribution in [0.3, 0.4) is 0 Å². The van der Waals surface area contributed by atoms with E-state index < -0.39 is 52.5 Å². The van der Waals surface area contributed by atoms with E-state index in [0.29, 0.717) is 40.5 Å². The largest absolute Gasteiger partial charge is 0.416 e. The molecule has 2 aromatic carbocycles. The molecule has 0 bridgehead atoms. The second-order valence-corrected chi connectivity index (χ2v) is 11.1. The van der Waals surface area contributed by atoms with Crippen LogP contribution in [0, 0.1) is 0 Å². The topological polar surface area (TPSA) is 76.9 Å². The van der Waals surface area contributed by atoms with Gasteiger partial charge in [-0.05, 0) is 56.2 Å². The highest BCUT2D eigenvalue weighted by Crippen LogP contribution is 2.42. The van der Waals surface area contributed by atoms with Gasteiger partial charge in [0.1, 0.15) is 5.82 Å². The molecule has 6 nitrogen and oxygen atoms in total. The van der Waals surface area contributed by atoms with E-state index in [1.807, 2.05) is 0 Å². The van der Waals surface area contributed by atoms with Crippen molar-refractivity contribution in [3.05, 3.63) is 76.4 Å². The summed E-state index contributed by atoms with van der Waals surface area (Å²) in [6, 6.07) is 8.99. The lowest BCUT2D eigenvalue weighted by atomic mass is 9.81. The van der Waals surface area contributed by atoms with Crippen LogP contribution in [0.15, 0.2) is 54.7 Å². The van der Waals surface area contributed by atoms with Gasteiger partial charge in [-0.2, -0.15) is 26.3 Å². The summed E-state index contributed by atoms with van der Waals surface area (Å²) in [7, 11) is 1.34. The molecule has 1 aromatic heterocycles. The first-order chi connectivity index (χ1) is 19.4. The summed E-state index contributed by atoms with van der Waals surface area (Å²) in [6.45, 7) is 2.44. The van der Waals surface area contributed by atoms with Crippen molar-refractivity contribution < 1.29 is 41.4 Å². The Morgan fingerprint density at radius 1 is 1.00 bits per heavy atom. The van der Waals surface area contributed by atoms with Crippen molar-refractivity contribution in [1.82, 2.24) is 4.98 Å². The molecule has 3 aromatic rings. The fourth-order valence-corrected chi connectivity index (χ4v) is 5.31. The molecule has 4 rings (SSSR count). The number of aliphatic hydroxyl groups excluding tert-OH is 2. The van der Waals surface area contributed by atoms with Gasteiger partial charge in [0, 0.05) is 29.7 Å². The molecule has 1 amide bonds. The number of rotatable bonds is 6. The van der Waals surface area contributed by atoms with Gasteiger partial charge in [0.25, 0.3) is 0 Å². The van der Waals surface area contributed by atoms with Crippen LogP contribution in [0.4, 0.5) is 37.8 Å². The zero-order valence-corrected chi connectivity index (χ0v) is 23.5. The summed E-state index contributed by atoms with van der Waals surface area (Å²) in [5.74, 6) is -0.431. The predicted molar refractivity (Wildman–Crippen MR) is 146 cm³/mol. The molecule has 0 aliphatic carbocycles. The number of β-amino-alcohol motifs (C(OH)–C–C–N with tert-alkyl or cyclic N) is 1. The summed E-state index contributed by atoms with van der Waals surface area (Å²) in [5.41, 5.74) is -4.29. The number of benzene rings is 2. The number of carbonyl (C=O) groups is 1. The number of hydrogen-bond donors (Lipinski definition) is 2. The number of alkyl halides is 6. The number of amides is 1. The number of halogens is 7. The van der Waals surface area contributed by atoms with Crippen LogP contribution in [0.1, 0.15) is 37.0 Å². The number of anilines is 2. The van der Waals surface area contributed by atoms with Gasteiger partial charge in [-0.1, -0.05) is 29.8 Å². The van der Waals surface area contributed by atoms with Gasteiger partial charge in [-0.15, -0.1) is 0 Å². The van der Waals surface area contributed by atoms with Crippen molar-refractivity contribution in [2.24, 2.45) is 0 Å². The highest BCUT2D eigenvalue weighted by molar-refractivity contribution is 6.33. The molecule has 2 N–H and O–H groups in total. The van der Waals surface area contributed by atoms with E-state index >= 15 is 0 Å². The van der Waals surface area contributed by atoms with Gasteiger partial charge in [-0.3, -0.25) is 4.79 Å². The first kappa shape index (κ1) is 31.6. The number of aromatic nitrogens is 1. The molecule has 0 saturated carbocycles. The zero-order chi connectivity index (χ0) is 31.2. The second-order valence-electron chi connectivity index (χ2n) is 10.7. The minimum atomic E-state index is -5.08. The number of nitrogens with zero attached hydrogens (tertiary/aromatic N) is 3. The van der Waals surface area contributed by atoms with Crippen molar-refractivity contribution in [1.29, 1.82) is 0 Å². The van der Waals surface area contributed by atoms with Crippen LogP contribution >= 0.6 is 11.6 Å². The van der Waals surface area contributed by atoms with Gasteiger partial charge in [0.2, 0.25) is 5.91 Å². The van der Waals surface area contributed by atoms with Crippen LogP contribution < -0.4 is 9.80 Å². The number of hydrogen-bond acceptors (Lipinski definition) is 5. The molecule has 2 atom stereocenters. The Bertz CT molecular complexity index is 1450. The molecule has 1 saturated heterocycles. The summed E-state index contributed by atoms with van der Waals surface area (Å²) >= 11 is 6.48. The number of aliphatic hydroxyl groups is 2. The minimum absolute atomic E-state index is 0.0147. The van der Waals surface area contributed by atoms with E-state index in [4.69, 9.17) is 11.6 Å². The summed E-state index contributed by atoms with van der Waals surface area (Å²) in [6.07, 6.45) is -9.20. The lowest BCUT2D eigenvalue weighted by molar-refractivity contribution is -0.143. The maximum absolute atomic E-state index is 13.9. The molecule has 0 unspecified atom stereocenters. The molecule has 1 aliphatic heterocycles. The van der Waals surface area contributed by atoms with E-state index in [-0.39, 0.29) is 24.9 Å². The molecule has 0 spiro atoms. The standard InChI is InChI=1S/C29H28ClF6N3O3/c1-27(2,16-8-17(28(31,32)33)10-18(9-16)29(34,35)36)26(42)38(3)24-13-37-25(39-14-20(41)11-19(39)15-40)12-22(24)21-6-4-5-7-23(21)30/h4-10,12-13,19-20,40-41H,11,14-15H2,1-3H3/t19-,20-/m0/s1. The Hall–Kier alpha value is -3.35. The molecule has 0 radical (unpaired) electrons. The Labute approximate surface area is 243 Å². The third-order valence-electron chi connectivity index (χ3n) is 7.44. The fraction of sp³-hybridized carbons (Fsp3) is 0.379. The summed E-state index contributed by atoms with van der Waals surface area (Å²) in [5, 5.41) is 20.3. The molecule has 1 fully saturated rings. The van der Waals surface area contributed by atoms with Crippen molar-refractivity contribution in [3.63, 3.8) is 0 Å². The van der Waals surface area contributed by atoms with E-state index in [0.717, 1.165) is 4.90 Å². The third kappa shape index (κ3) is 6.20. The highest BCUT2D eigenvalue weighted by atomic mass is 35.5. The maximum atomic E-state index is 13.9. The van der Waals surface area contributed by atoms with Crippen LogP contribution in [0.25, 0.3) is 11.1 Å². The monoisotopic (exact) mass is 615 g/mol. The first-order valence-corrected chi connectivity index (χ1v) is 13.2. The van der Waals surface area contributed by atoms with E-state index in [1.165, 1.54) is 27.1 Å². The second kappa shape index (κ2) is 11.4. The molecular formula is C29H28ClF6N3O3. The van der Waals surface area contributed by atoms with E-state index in [9.17, 15) is 41.4 Å². The Morgan fingerprint density at radius 2 is 1.57 bits per heavy atom. The SMILES string of the molecule is CN(C(=O)C(C)(C)c1cc(C(F)(F)F)cc(C(F)(F)F)c1)c1cnc(N2C[C@@H](O)C[C@H]2CO)cc1-c1ccccc1Cl. The highest BCUT2D eigenvalue weighted by Gasteiger charge is 2.41. The number of pyridine rings is 1. The van der Waals surface area contributed by atoms with Gasteiger partial charge < -0.3 is 20.0 Å². The molecule has 2 heterocycles. The quantitative estimate of drug-likeness (QED) is 0.318. The predicted octanol–water partition coefficient (Wildman–Crippen LogP) is 6.31. The molecule has 13 heteroatoms. The van der Waals surface area contributed by atoms with Crippen LogP contribution in [-0.2, 0) is 22.6 Å². The lowest BCUT2D eigenvalue weighted by Gasteiger charge is -2.32. The van der Waals surface area contributed by atoms with Crippen LogP contribution in [0.5, 0.6) is 0 Å². The van der Waals surface area contributed by atoms with Gasteiger partial charge in [0.15, 0.2) is 0 Å². The van der Waals surface area contributed by atoms with Crippen molar-refractivity contribution in [2.45, 2.75) is 50.2 Å². The summed E-state index contributed by atoms with van der Waals surface area (Å²) in [4.78, 5) is 21.1.